The Labute approximate surface area is 149 Å². The summed E-state index contributed by atoms with van der Waals surface area (Å²) in [5, 5.41) is 9.94. The quantitative estimate of drug-likeness (QED) is 0.325. The monoisotopic (exact) mass is 349 g/mol. The van der Waals surface area contributed by atoms with Gasteiger partial charge < -0.3 is 9.84 Å². The molecule has 0 atom stereocenters. The number of amides is 2. The summed E-state index contributed by atoms with van der Waals surface area (Å²) in [5.74, 6) is 4.58. The number of hydrogen-bond donors (Lipinski definition) is 2. The molecule has 0 unspecified atom stereocenters. The summed E-state index contributed by atoms with van der Waals surface area (Å²) in [7, 11) is 0. The molecule has 3 N–H and O–H groups in total. The molecule has 0 saturated carbocycles. The van der Waals surface area contributed by atoms with E-state index < -0.39 is 11.8 Å². The van der Waals surface area contributed by atoms with Crippen molar-refractivity contribution in [1.29, 1.82) is 0 Å². The molecule has 3 rings (SSSR count). The summed E-state index contributed by atoms with van der Waals surface area (Å²) in [6, 6.07) is 17.4. The van der Waals surface area contributed by atoms with Crippen molar-refractivity contribution < 1.29 is 19.4 Å². The summed E-state index contributed by atoms with van der Waals surface area (Å²) < 4.78 is 5.62. The van der Waals surface area contributed by atoms with Gasteiger partial charge in [-0.05, 0) is 42.5 Å². The first-order valence-corrected chi connectivity index (χ1v) is 7.66. The summed E-state index contributed by atoms with van der Waals surface area (Å²) in [5.41, 5.74) is 0.114. The van der Waals surface area contributed by atoms with Gasteiger partial charge in [-0.15, -0.1) is 0 Å². The predicted molar refractivity (Wildman–Crippen MR) is 93.5 cm³/mol. The van der Waals surface area contributed by atoms with Gasteiger partial charge in [0.1, 0.15) is 17.1 Å². The van der Waals surface area contributed by atoms with E-state index in [-0.39, 0.29) is 22.8 Å². The number of aromatic nitrogens is 1. The molecular weight excluding hydrogens is 334 g/mol. The molecule has 3 aromatic rings. The molecule has 0 radical (unpaired) electrons. The fraction of sp³-hybridized carbons (Fsp3) is 0. The molecule has 0 aliphatic carbocycles. The number of para-hydroxylation sites is 1. The number of hydrazine groups is 1. The minimum absolute atomic E-state index is 0.0304. The molecule has 0 bridgehead atoms. The highest BCUT2D eigenvalue weighted by Crippen LogP contribution is 2.23. The van der Waals surface area contributed by atoms with E-state index in [2.05, 4.69) is 4.98 Å². The molecule has 2 aromatic carbocycles. The predicted octanol–water partition coefficient (Wildman–Crippen LogP) is 2.74. The van der Waals surface area contributed by atoms with Gasteiger partial charge in [-0.1, -0.05) is 24.3 Å². The molecule has 0 spiro atoms. The van der Waals surface area contributed by atoms with Gasteiger partial charge in [-0.25, -0.2) is 15.8 Å². The fourth-order valence-electron chi connectivity index (χ4n) is 2.24. The van der Waals surface area contributed by atoms with Crippen molar-refractivity contribution in [3.63, 3.8) is 0 Å². The van der Waals surface area contributed by atoms with E-state index >= 15 is 0 Å². The van der Waals surface area contributed by atoms with E-state index in [0.717, 1.165) is 0 Å². The normalized spacial score (nSPS) is 10.2. The van der Waals surface area contributed by atoms with Gasteiger partial charge in [0.25, 0.3) is 11.8 Å². The summed E-state index contributed by atoms with van der Waals surface area (Å²) in [6.45, 7) is 0. The number of nitrogens with two attached hydrogens (primary N) is 1. The lowest BCUT2D eigenvalue weighted by Crippen LogP contribution is -2.42. The Morgan fingerprint density at radius 1 is 0.962 bits per heavy atom. The number of aromatic hydroxyl groups is 1. The van der Waals surface area contributed by atoms with Crippen molar-refractivity contribution in [3.05, 3.63) is 84.1 Å². The van der Waals surface area contributed by atoms with Crippen molar-refractivity contribution in [2.24, 2.45) is 5.84 Å². The highest BCUT2D eigenvalue weighted by Gasteiger charge is 2.25. The number of pyridine rings is 1. The minimum Gasteiger partial charge on any atom is -0.508 e. The van der Waals surface area contributed by atoms with E-state index in [9.17, 15) is 14.7 Å². The molecule has 1 heterocycles. The number of hydrogen-bond acceptors (Lipinski definition) is 6. The topological polar surface area (TPSA) is 106 Å². The SMILES string of the molecule is NN(C(=O)c1cccc(O)c1)C(=O)c1cccnc1Oc1ccccc1. The third-order valence-electron chi connectivity index (χ3n) is 3.49. The average molecular weight is 349 g/mol. The van der Waals surface area contributed by atoms with Crippen LogP contribution >= 0.6 is 0 Å². The van der Waals surface area contributed by atoms with Gasteiger partial charge in [-0.2, -0.15) is 0 Å². The Balaban J connectivity index is 1.86. The highest BCUT2D eigenvalue weighted by molar-refractivity contribution is 6.10. The van der Waals surface area contributed by atoms with Crippen LogP contribution in [0.5, 0.6) is 17.4 Å². The van der Waals surface area contributed by atoms with E-state index in [4.69, 9.17) is 10.6 Å². The molecule has 2 amide bonds. The number of carbonyl (C=O) groups excluding carboxylic acids is 2. The second-order valence-corrected chi connectivity index (χ2v) is 5.30. The van der Waals surface area contributed by atoms with Crippen LogP contribution in [-0.2, 0) is 0 Å². The van der Waals surface area contributed by atoms with Crippen LogP contribution < -0.4 is 10.6 Å². The van der Waals surface area contributed by atoms with Crippen molar-refractivity contribution in [3.8, 4) is 17.4 Å². The standard InChI is InChI=1S/C19H15N3O4/c20-22(18(24)13-6-4-7-14(23)12-13)19(25)16-10-5-11-21-17(16)26-15-8-2-1-3-9-15/h1-12,23H,20H2. The van der Waals surface area contributed by atoms with E-state index in [1.807, 2.05) is 6.07 Å². The summed E-state index contributed by atoms with van der Waals surface area (Å²) in [6.07, 6.45) is 1.47. The molecule has 0 aliphatic heterocycles. The minimum atomic E-state index is -0.780. The zero-order valence-corrected chi connectivity index (χ0v) is 13.6. The Kier molecular flexibility index (Phi) is 4.91. The first-order valence-electron chi connectivity index (χ1n) is 7.66. The maximum atomic E-state index is 12.7. The van der Waals surface area contributed by atoms with Gasteiger partial charge in [-0.3, -0.25) is 9.59 Å². The van der Waals surface area contributed by atoms with Crippen LogP contribution in [0.1, 0.15) is 20.7 Å². The number of carbonyl (C=O) groups is 2. The third-order valence-corrected chi connectivity index (χ3v) is 3.49. The van der Waals surface area contributed by atoms with E-state index in [1.54, 1.807) is 24.3 Å². The van der Waals surface area contributed by atoms with Crippen molar-refractivity contribution in [1.82, 2.24) is 9.99 Å². The largest absolute Gasteiger partial charge is 0.508 e. The number of rotatable bonds is 4. The van der Waals surface area contributed by atoms with Gasteiger partial charge in [0.05, 0.1) is 0 Å². The molecule has 0 fully saturated rings. The maximum absolute atomic E-state index is 12.7. The molecular formula is C19H15N3O4. The van der Waals surface area contributed by atoms with Crippen LogP contribution in [0.25, 0.3) is 0 Å². The zero-order valence-electron chi connectivity index (χ0n) is 13.6. The Bertz CT molecular complexity index is 944. The maximum Gasteiger partial charge on any atom is 0.280 e. The number of phenolic OH excluding ortho intramolecular Hbond substituents is 1. The molecule has 0 saturated heterocycles. The second kappa shape index (κ2) is 7.45. The molecule has 7 heteroatoms. The average Bonchev–Trinajstić information content (AvgIpc) is 2.67. The lowest BCUT2D eigenvalue weighted by molar-refractivity contribution is 0.0613. The molecule has 130 valence electrons. The molecule has 1 aromatic heterocycles. The van der Waals surface area contributed by atoms with Crippen LogP contribution in [0.4, 0.5) is 0 Å². The van der Waals surface area contributed by atoms with Crippen LogP contribution in [-0.4, -0.2) is 26.9 Å². The summed E-state index contributed by atoms with van der Waals surface area (Å²) in [4.78, 5) is 29.1. The smallest absolute Gasteiger partial charge is 0.280 e. The van der Waals surface area contributed by atoms with Gasteiger partial charge in [0.15, 0.2) is 0 Å². The Morgan fingerprint density at radius 3 is 2.46 bits per heavy atom. The van der Waals surface area contributed by atoms with Crippen molar-refractivity contribution in [2.75, 3.05) is 0 Å². The first-order chi connectivity index (χ1) is 12.6. The lowest BCUT2D eigenvalue weighted by atomic mass is 10.2. The Hall–Kier alpha value is -3.71. The number of benzene rings is 2. The van der Waals surface area contributed by atoms with Crippen molar-refractivity contribution >= 4 is 11.8 Å². The summed E-state index contributed by atoms with van der Waals surface area (Å²) >= 11 is 0. The molecule has 7 nitrogen and oxygen atoms in total. The number of nitrogens with zero attached hydrogens (tertiary/aromatic N) is 2. The molecule has 0 aliphatic rings. The van der Waals surface area contributed by atoms with Gasteiger partial charge in [0.2, 0.25) is 5.88 Å². The first kappa shape index (κ1) is 17.1. The zero-order chi connectivity index (χ0) is 18.5. The lowest BCUT2D eigenvalue weighted by Gasteiger charge is -2.16. The van der Waals surface area contributed by atoms with Crippen LogP contribution in [0.3, 0.4) is 0 Å². The van der Waals surface area contributed by atoms with Crippen molar-refractivity contribution in [2.45, 2.75) is 0 Å². The van der Waals surface area contributed by atoms with Crippen LogP contribution in [0.15, 0.2) is 72.9 Å². The Morgan fingerprint density at radius 2 is 1.73 bits per heavy atom. The van der Waals surface area contributed by atoms with Gasteiger partial charge in [0, 0.05) is 11.8 Å². The number of ether oxygens (including phenoxy) is 1. The third kappa shape index (κ3) is 3.68. The van der Waals surface area contributed by atoms with Crippen LogP contribution in [0, 0.1) is 0 Å². The van der Waals surface area contributed by atoms with E-state index in [1.165, 1.54) is 42.6 Å². The van der Waals surface area contributed by atoms with Gasteiger partial charge >= 0.3 is 0 Å². The highest BCUT2D eigenvalue weighted by atomic mass is 16.5. The fourth-order valence-corrected chi connectivity index (χ4v) is 2.24. The van der Waals surface area contributed by atoms with E-state index in [0.29, 0.717) is 10.8 Å². The number of imide groups is 1. The number of phenols is 1. The second-order valence-electron chi connectivity index (χ2n) is 5.30. The van der Waals surface area contributed by atoms with Crippen LogP contribution in [0.2, 0.25) is 0 Å². The molecule has 26 heavy (non-hydrogen) atoms.